The summed E-state index contributed by atoms with van der Waals surface area (Å²) in [6.07, 6.45) is 60.9. The third kappa shape index (κ3) is 17.5. The fourth-order valence-corrected chi connectivity index (χ4v) is 20.5. The summed E-state index contributed by atoms with van der Waals surface area (Å²) in [5, 5.41) is 6.70. The molecule has 3 aliphatic rings. The average Bonchev–Trinajstić information content (AvgIpc) is 1.55. The Morgan fingerprint density at radius 3 is 0.595 bits per heavy atom. The highest BCUT2D eigenvalue weighted by atomic mass is 16.6. The summed E-state index contributed by atoms with van der Waals surface area (Å²) in [5.74, 6) is -0.875. The fraction of sp³-hybridized carbons (Fsp3) is 0.405. The molecule has 3 aliphatic heterocycles. The Bertz CT molecular complexity index is 5940. The first-order valence-electron chi connectivity index (χ1n) is 48.1. The van der Waals surface area contributed by atoms with Gasteiger partial charge in [0, 0.05) is 229 Å². The minimum atomic E-state index is -1.08. The molecule has 0 spiro atoms. The van der Waals surface area contributed by atoms with Crippen molar-refractivity contribution >= 4 is 83.3 Å². The molecule has 0 fully saturated rings. The average molecular weight is 1690 g/mol. The van der Waals surface area contributed by atoms with Crippen LogP contribution in [0.5, 0.6) is 0 Å². The van der Waals surface area contributed by atoms with E-state index in [9.17, 15) is 14.4 Å². The van der Waals surface area contributed by atoms with E-state index in [4.69, 9.17) is 14.2 Å². The summed E-state index contributed by atoms with van der Waals surface area (Å²) in [5.41, 5.74) is 14.1. The van der Waals surface area contributed by atoms with Gasteiger partial charge >= 0.3 is 17.9 Å². The second-order valence-electron chi connectivity index (χ2n) is 35.5. The Labute approximate surface area is 744 Å². The van der Waals surface area contributed by atoms with E-state index in [0.717, 1.165) is 160 Å². The summed E-state index contributed by atoms with van der Waals surface area (Å²) in [6.45, 7) is 19.1. The van der Waals surface area contributed by atoms with Crippen molar-refractivity contribution in [3.05, 3.63) is 305 Å². The maximum atomic E-state index is 13.6. The Kier molecular flexibility index (Phi) is 28.8. The van der Waals surface area contributed by atoms with Crippen LogP contribution >= 0.6 is 0 Å². The molecule has 15 heteroatoms. The molecule has 0 aliphatic carbocycles. The van der Waals surface area contributed by atoms with E-state index in [-0.39, 0.29) is 17.9 Å². The van der Waals surface area contributed by atoms with Crippen LogP contribution in [0.25, 0.3) is 65.4 Å². The molecule has 654 valence electrons. The number of para-hydroxylation sites is 6. The summed E-state index contributed by atoms with van der Waals surface area (Å²) in [6, 6.07) is 56.8. The molecule has 9 aromatic heterocycles. The van der Waals surface area contributed by atoms with E-state index in [1.165, 1.54) is 187 Å². The Hall–Kier alpha value is -11.6. The number of cyclic esters (lactones) is 3. The number of nitrogens with zero attached hydrogens (tertiary/aromatic N) is 9. The largest absolute Gasteiger partial charge is 0.440 e. The van der Waals surface area contributed by atoms with Gasteiger partial charge in [0.2, 0.25) is 0 Å². The Morgan fingerprint density at radius 2 is 0.397 bits per heavy atom. The van der Waals surface area contributed by atoms with Gasteiger partial charge in [-0.2, -0.15) is 0 Å². The number of aryl methyl sites for hydroxylation is 6. The van der Waals surface area contributed by atoms with Crippen molar-refractivity contribution in [3.8, 4) is 0 Å². The summed E-state index contributed by atoms with van der Waals surface area (Å²) in [4.78, 5) is 54.3. The number of unbranched alkanes of at least 4 members (excludes halogenated alkanes) is 24. The topological polar surface area (TPSA) is 147 Å². The van der Waals surface area contributed by atoms with Crippen LogP contribution in [-0.4, -0.2) is 60.3 Å². The zero-order chi connectivity index (χ0) is 86.8. The molecule has 6 aromatic carbocycles. The van der Waals surface area contributed by atoms with Crippen molar-refractivity contribution in [1.82, 2.24) is 42.4 Å². The number of esters is 3. The standard InChI is InChI=1S/C39H47N3O2.C37H43N3O2.C35H39N3O2/c1-3-5-7-9-11-17-25-41-28-34(30-19-13-15-21-36(30)41)39(33-27-40-24-23-32(33)38(43)44-39)35-29-42(26-18-12-10-8-6-4-2)37-22-16-14-20-31(35)37;1-3-5-7-9-15-23-39-26-32(28-17-11-13-19-34(28)39)37(31-25-38-22-21-30(31)36(41)42-37)33-27-40(24-16-10-8-6-4-2)35-20-14-12-18-29(33)35;1-3-5-7-13-21-37-24-30(26-15-9-11-17-32(26)37)35(29-23-36-20-19-28(29)34(39)40-35)31-25-38(22-14-8-6-4-2)33-18-12-10-16-27(31)33/h13-16,19-24,27-29H,3-12,17-18,25-26H2,1-2H3;11-14,17-22,25-27H,3-10,15-16,23-24H2,1-2H3;9-12,15-20,23-25H,3-8,13-14,21-22H2,1-2H3. The van der Waals surface area contributed by atoms with Crippen molar-refractivity contribution < 1.29 is 28.6 Å². The van der Waals surface area contributed by atoms with Gasteiger partial charge in [0.05, 0.1) is 16.7 Å². The van der Waals surface area contributed by atoms with E-state index in [2.05, 4.69) is 267 Å². The fourth-order valence-electron chi connectivity index (χ4n) is 20.5. The number of aromatic nitrogens is 9. The van der Waals surface area contributed by atoms with Gasteiger partial charge in [0.1, 0.15) is 0 Å². The molecule has 18 rings (SSSR count). The van der Waals surface area contributed by atoms with E-state index in [1.807, 2.05) is 24.7 Å². The molecule has 15 aromatic rings. The molecular weight excluding hydrogens is 1560 g/mol. The lowest BCUT2D eigenvalue weighted by Gasteiger charge is -2.29. The maximum absolute atomic E-state index is 13.6. The molecule has 0 radical (unpaired) electrons. The molecule has 0 N–H and O–H groups in total. The van der Waals surface area contributed by atoms with Gasteiger partial charge in [-0.1, -0.05) is 305 Å². The van der Waals surface area contributed by atoms with Crippen LogP contribution in [0.15, 0.2) is 238 Å². The lowest BCUT2D eigenvalue weighted by Crippen LogP contribution is -2.29. The number of hydrogen-bond acceptors (Lipinski definition) is 9. The van der Waals surface area contributed by atoms with Crippen LogP contribution in [-0.2, 0) is 70.3 Å². The third-order valence-corrected chi connectivity index (χ3v) is 27.0. The van der Waals surface area contributed by atoms with Crippen molar-refractivity contribution in [2.24, 2.45) is 0 Å². The zero-order valence-corrected chi connectivity index (χ0v) is 75.4. The highest BCUT2D eigenvalue weighted by molar-refractivity contribution is 6.03. The quantitative estimate of drug-likeness (QED) is 0.0207. The molecule has 0 bridgehead atoms. The smallest absolute Gasteiger partial charge is 0.340 e. The Morgan fingerprint density at radius 1 is 0.222 bits per heavy atom. The highest BCUT2D eigenvalue weighted by Crippen LogP contribution is 2.56. The van der Waals surface area contributed by atoms with Crippen LogP contribution in [0.2, 0.25) is 0 Å². The number of rotatable bonds is 42. The monoisotopic (exact) mass is 1680 g/mol. The van der Waals surface area contributed by atoms with Gasteiger partial charge in [-0.05, 0) is 93.1 Å². The van der Waals surface area contributed by atoms with Crippen molar-refractivity contribution in [1.29, 1.82) is 0 Å². The van der Waals surface area contributed by atoms with Gasteiger partial charge in [0.15, 0.2) is 16.8 Å². The lowest BCUT2D eigenvalue weighted by molar-refractivity contribution is 0.0249. The van der Waals surface area contributed by atoms with Crippen molar-refractivity contribution in [2.75, 3.05) is 0 Å². The van der Waals surface area contributed by atoms with Gasteiger partial charge in [-0.25, -0.2) is 14.4 Å². The van der Waals surface area contributed by atoms with E-state index in [0.29, 0.717) is 16.7 Å². The molecule has 15 nitrogen and oxygen atoms in total. The maximum Gasteiger partial charge on any atom is 0.340 e. The first kappa shape index (κ1) is 87.9. The van der Waals surface area contributed by atoms with Crippen LogP contribution in [0.1, 0.15) is 315 Å². The molecule has 0 saturated carbocycles. The highest BCUT2D eigenvalue weighted by Gasteiger charge is 2.55. The zero-order valence-electron chi connectivity index (χ0n) is 75.4. The van der Waals surface area contributed by atoms with Gasteiger partial charge in [0.25, 0.3) is 0 Å². The number of hydrogen-bond donors (Lipinski definition) is 0. The second-order valence-corrected chi connectivity index (χ2v) is 35.5. The van der Waals surface area contributed by atoms with Crippen LogP contribution in [0, 0.1) is 0 Å². The number of carbonyl (C=O) groups is 3. The van der Waals surface area contributed by atoms with E-state index >= 15 is 0 Å². The normalized spacial score (nSPS) is 14.1. The lowest BCUT2D eigenvalue weighted by atomic mass is 9.80. The number of benzene rings is 6. The number of pyridine rings is 3. The first-order valence-corrected chi connectivity index (χ1v) is 48.1. The van der Waals surface area contributed by atoms with Crippen molar-refractivity contribution in [2.45, 2.75) is 290 Å². The van der Waals surface area contributed by atoms with E-state index < -0.39 is 16.8 Å². The van der Waals surface area contributed by atoms with Gasteiger partial charge in [-0.15, -0.1) is 0 Å². The third-order valence-electron chi connectivity index (χ3n) is 27.0. The number of ether oxygens (including phenoxy) is 3. The molecule has 0 atom stereocenters. The predicted molar refractivity (Wildman–Crippen MR) is 513 cm³/mol. The SMILES string of the molecule is CCCCCCCCn1cc(C2(c3cn(CCCCCCCC)c4ccccc34)OC(=O)c3ccncc32)c2ccccc21.CCCCCCCn1cc(C2(c3cn(CCCCCCC)c4ccccc34)OC(=O)c3ccncc32)c2ccccc21.CCCCCCn1cc(C2(c3cn(CCCCCC)c4ccccc34)OC(=O)c3ccncc32)c2ccccc21. The first-order chi connectivity index (χ1) is 62.1. The minimum Gasteiger partial charge on any atom is -0.440 e. The second kappa shape index (κ2) is 41.2. The minimum absolute atomic E-state index is 0.289. The van der Waals surface area contributed by atoms with Gasteiger partial charge < -0.3 is 41.6 Å². The molecule has 0 amide bonds. The van der Waals surface area contributed by atoms with Crippen LogP contribution in [0.4, 0.5) is 0 Å². The van der Waals surface area contributed by atoms with Crippen molar-refractivity contribution in [3.63, 3.8) is 0 Å². The summed E-state index contributed by atoms with van der Waals surface area (Å²) < 4.78 is 34.1. The summed E-state index contributed by atoms with van der Waals surface area (Å²) >= 11 is 0. The molecule has 12 heterocycles. The molecule has 126 heavy (non-hydrogen) atoms. The molecule has 0 saturated heterocycles. The summed E-state index contributed by atoms with van der Waals surface area (Å²) in [7, 11) is 0. The van der Waals surface area contributed by atoms with Gasteiger partial charge in [-0.3, -0.25) is 15.0 Å². The number of fused-ring (bicyclic) bond motifs is 9. The molecular formula is C111H129N9O6. The Balaban J connectivity index is 0.000000139. The molecule has 0 unspecified atom stereocenters. The number of carbonyl (C=O) groups excluding carboxylic acids is 3. The van der Waals surface area contributed by atoms with Crippen LogP contribution < -0.4 is 0 Å². The predicted octanol–water partition coefficient (Wildman–Crippen LogP) is 28.2. The van der Waals surface area contributed by atoms with E-state index in [1.54, 1.807) is 30.7 Å². The van der Waals surface area contributed by atoms with Crippen LogP contribution in [0.3, 0.4) is 0 Å².